The van der Waals surface area contributed by atoms with E-state index in [-0.39, 0.29) is 10.6 Å². The van der Waals surface area contributed by atoms with E-state index < -0.39 is 28.4 Å². The first-order valence-electron chi connectivity index (χ1n) is 6.11. The summed E-state index contributed by atoms with van der Waals surface area (Å²) in [6.45, 7) is -0.624. The van der Waals surface area contributed by atoms with Crippen molar-refractivity contribution in [3.8, 4) is 0 Å². The zero-order valence-electron chi connectivity index (χ0n) is 11.4. The molecule has 0 saturated heterocycles. The Labute approximate surface area is 120 Å². The minimum Gasteiger partial charge on any atom is -0.468 e. The van der Waals surface area contributed by atoms with Gasteiger partial charge in [0, 0.05) is 18.0 Å². The maximum absolute atomic E-state index is 12.6. The van der Waals surface area contributed by atoms with E-state index in [9.17, 15) is 18.0 Å². The molecule has 0 unspecified atom stereocenters. The minimum absolute atomic E-state index is 0.0468. The van der Waals surface area contributed by atoms with Crippen molar-refractivity contribution in [3.63, 3.8) is 0 Å². The van der Waals surface area contributed by atoms with Crippen LogP contribution in [0.15, 0.2) is 29.2 Å². The van der Waals surface area contributed by atoms with Gasteiger partial charge in [0.05, 0.1) is 7.11 Å². The Hall–Kier alpha value is -2.35. The van der Waals surface area contributed by atoms with E-state index in [1.807, 2.05) is 0 Å². The Morgan fingerprint density at radius 2 is 1.95 bits per heavy atom. The van der Waals surface area contributed by atoms with Crippen LogP contribution < -0.4 is 0 Å². The molecule has 7 nitrogen and oxygen atoms in total. The average Bonchev–Trinajstić information content (AvgIpc) is 2.87. The number of nitrogens with zero attached hydrogens (tertiary/aromatic N) is 2. The number of carbonyl (C=O) groups excluding carboxylic acids is 2. The monoisotopic (exact) mass is 308 g/mol. The first-order valence-corrected chi connectivity index (χ1v) is 7.55. The number of amides is 1. The second kappa shape index (κ2) is 4.32. The summed E-state index contributed by atoms with van der Waals surface area (Å²) in [4.78, 5) is 23.7. The van der Waals surface area contributed by atoms with Gasteiger partial charge in [-0.15, -0.1) is 0 Å². The maximum Gasteiger partial charge on any atom is 0.326 e. The molecule has 1 amide bonds. The molecule has 0 atom stereocenters. The van der Waals surface area contributed by atoms with E-state index in [1.165, 1.54) is 4.57 Å². The van der Waals surface area contributed by atoms with E-state index >= 15 is 0 Å². The first kappa shape index (κ1) is 13.6. The topological polar surface area (TPSA) is 85.7 Å². The van der Waals surface area contributed by atoms with Crippen LogP contribution in [0, 0.1) is 0 Å². The third-order valence-electron chi connectivity index (χ3n) is 3.54. The van der Waals surface area contributed by atoms with Crippen molar-refractivity contribution in [1.82, 2.24) is 8.87 Å². The highest BCUT2D eigenvalue weighted by Crippen LogP contribution is 2.37. The van der Waals surface area contributed by atoms with Gasteiger partial charge in [0.2, 0.25) is 0 Å². The molecule has 1 aliphatic rings. The highest BCUT2D eigenvalue weighted by atomic mass is 32.2. The van der Waals surface area contributed by atoms with Crippen LogP contribution in [0.25, 0.3) is 10.9 Å². The van der Waals surface area contributed by atoms with Crippen molar-refractivity contribution >= 4 is 32.8 Å². The summed E-state index contributed by atoms with van der Waals surface area (Å²) in [5.41, 5.74) is 0.720. The third kappa shape index (κ3) is 1.69. The number of fused-ring (bicyclic) bond motifs is 3. The van der Waals surface area contributed by atoms with Gasteiger partial charge in [0.15, 0.2) is 0 Å². The van der Waals surface area contributed by atoms with Gasteiger partial charge in [-0.25, -0.2) is 12.7 Å². The number of carbonyl (C=O) groups is 2. The lowest BCUT2D eigenvalue weighted by Gasteiger charge is -2.14. The Morgan fingerprint density at radius 3 is 2.62 bits per heavy atom. The molecule has 1 aromatic carbocycles. The molecular weight excluding hydrogens is 296 g/mol. The van der Waals surface area contributed by atoms with Crippen LogP contribution in [-0.4, -0.2) is 42.8 Å². The molecule has 2 heterocycles. The van der Waals surface area contributed by atoms with Crippen molar-refractivity contribution in [1.29, 1.82) is 0 Å². The summed E-state index contributed by atoms with van der Waals surface area (Å²) in [5.74, 6) is -1.50. The number of aryl methyl sites for hydroxylation is 1. The molecule has 0 radical (unpaired) electrons. The summed E-state index contributed by atoms with van der Waals surface area (Å²) >= 11 is 0. The highest BCUT2D eigenvalue weighted by Gasteiger charge is 2.46. The second-order valence-electron chi connectivity index (χ2n) is 4.65. The third-order valence-corrected chi connectivity index (χ3v) is 5.34. The number of benzene rings is 1. The summed E-state index contributed by atoms with van der Waals surface area (Å²) in [5, 5.41) is 0.468. The molecule has 0 bridgehead atoms. The number of esters is 1. The number of hydrogen-bond donors (Lipinski definition) is 0. The largest absolute Gasteiger partial charge is 0.468 e. The van der Waals surface area contributed by atoms with Crippen LogP contribution in [0.4, 0.5) is 0 Å². The molecule has 8 heteroatoms. The smallest absolute Gasteiger partial charge is 0.326 e. The predicted octanol–water partition coefficient (Wildman–Crippen LogP) is 0.496. The van der Waals surface area contributed by atoms with Crippen LogP contribution in [0.5, 0.6) is 0 Å². The zero-order valence-corrected chi connectivity index (χ0v) is 12.2. The Balaban J connectivity index is 2.27. The van der Waals surface area contributed by atoms with Crippen molar-refractivity contribution in [3.05, 3.63) is 30.0 Å². The summed E-state index contributed by atoms with van der Waals surface area (Å²) in [6.07, 6.45) is 0. The second-order valence-corrected chi connectivity index (χ2v) is 6.45. The number of rotatable bonds is 2. The van der Waals surface area contributed by atoms with Gasteiger partial charge in [-0.1, -0.05) is 18.2 Å². The fourth-order valence-corrected chi connectivity index (χ4v) is 4.26. The number of methoxy groups -OCH3 is 1. The highest BCUT2D eigenvalue weighted by molar-refractivity contribution is 7.90. The van der Waals surface area contributed by atoms with Gasteiger partial charge in [-0.2, -0.15) is 0 Å². The molecule has 1 aliphatic heterocycles. The van der Waals surface area contributed by atoms with E-state index in [0.717, 1.165) is 7.11 Å². The van der Waals surface area contributed by atoms with Crippen molar-refractivity contribution < 1.29 is 22.7 Å². The molecule has 0 spiro atoms. The zero-order chi connectivity index (χ0) is 15.4. The molecule has 0 N–H and O–H groups in total. The van der Waals surface area contributed by atoms with Gasteiger partial charge in [-0.3, -0.25) is 9.59 Å². The number of aromatic nitrogens is 1. The summed E-state index contributed by atoms with van der Waals surface area (Å²) in [7, 11) is -1.29. The van der Waals surface area contributed by atoms with Crippen molar-refractivity contribution in [2.75, 3.05) is 13.7 Å². The van der Waals surface area contributed by atoms with E-state index in [4.69, 9.17) is 0 Å². The molecular formula is C13H12N2O5S. The van der Waals surface area contributed by atoms with Crippen molar-refractivity contribution in [2.24, 2.45) is 7.05 Å². The van der Waals surface area contributed by atoms with Crippen LogP contribution in [0.2, 0.25) is 0 Å². The Bertz CT molecular complexity index is 881. The first-order chi connectivity index (χ1) is 9.89. The molecule has 21 heavy (non-hydrogen) atoms. The van der Waals surface area contributed by atoms with E-state index in [0.29, 0.717) is 15.2 Å². The molecule has 1 aromatic heterocycles. The van der Waals surface area contributed by atoms with Crippen LogP contribution >= 0.6 is 0 Å². The minimum atomic E-state index is -4.04. The van der Waals surface area contributed by atoms with Gasteiger partial charge >= 0.3 is 5.97 Å². The quantitative estimate of drug-likeness (QED) is 0.754. The number of para-hydroxylation sites is 1. The van der Waals surface area contributed by atoms with Crippen molar-refractivity contribution in [2.45, 2.75) is 4.90 Å². The molecule has 3 rings (SSSR count). The van der Waals surface area contributed by atoms with Crippen LogP contribution in [-0.2, 0) is 26.6 Å². The normalized spacial score (nSPS) is 16.3. The van der Waals surface area contributed by atoms with Crippen LogP contribution in [0.3, 0.4) is 0 Å². The maximum atomic E-state index is 12.6. The van der Waals surface area contributed by atoms with E-state index in [2.05, 4.69) is 4.74 Å². The number of hydrogen-bond acceptors (Lipinski definition) is 5. The lowest BCUT2D eigenvalue weighted by molar-refractivity contribution is -0.140. The molecule has 110 valence electrons. The number of ether oxygens (including phenoxy) is 1. The summed E-state index contributed by atoms with van der Waals surface area (Å²) < 4.78 is 31.6. The lowest BCUT2D eigenvalue weighted by atomic mass is 10.2. The lowest BCUT2D eigenvalue weighted by Crippen LogP contribution is -2.36. The standard InChI is InChI=1S/C13H12N2O5S/c1-14-9-6-4-3-5-8(9)12-11(14)13(17)15(21(12,18)19)7-10(16)20-2/h3-6H,7H2,1-2H3. The molecule has 0 fully saturated rings. The Morgan fingerprint density at radius 1 is 1.29 bits per heavy atom. The number of sulfonamides is 1. The fraction of sp³-hybridized carbons (Fsp3) is 0.231. The van der Waals surface area contributed by atoms with Gasteiger partial charge in [-0.05, 0) is 6.07 Å². The summed E-state index contributed by atoms with van der Waals surface area (Å²) in [6, 6.07) is 6.84. The van der Waals surface area contributed by atoms with Gasteiger partial charge in [0.25, 0.3) is 15.9 Å². The SMILES string of the molecule is COC(=O)CN1C(=O)c2c(c3ccccc3n2C)S1(=O)=O. The van der Waals surface area contributed by atoms with Crippen LogP contribution in [0.1, 0.15) is 10.5 Å². The molecule has 2 aromatic rings. The molecule has 0 aliphatic carbocycles. The average molecular weight is 308 g/mol. The molecule has 0 saturated carbocycles. The van der Waals surface area contributed by atoms with Gasteiger partial charge < -0.3 is 9.30 Å². The predicted molar refractivity (Wildman–Crippen MR) is 73.2 cm³/mol. The Kier molecular flexibility index (Phi) is 2.80. The van der Waals surface area contributed by atoms with E-state index in [1.54, 1.807) is 31.3 Å². The fourth-order valence-electron chi connectivity index (χ4n) is 2.54. The van der Waals surface area contributed by atoms with Gasteiger partial charge in [0.1, 0.15) is 17.1 Å².